The number of hydrogen-bond acceptors (Lipinski definition) is 6. The van der Waals surface area contributed by atoms with Gasteiger partial charge in [0.2, 0.25) is 5.91 Å². The number of aromatic nitrogens is 3. The van der Waals surface area contributed by atoms with Crippen LogP contribution in [0.25, 0.3) is 20.7 Å². The van der Waals surface area contributed by atoms with Crippen molar-refractivity contribution in [1.29, 1.82) is 0 Å². The van der Waals surface area contributed by atoms with Gasteiger partial charge >= 0.3 is 0 Å². The van der Waals surface area contributed by atoms with E-state index in [-0.39, 0.29) is 11.5 Å². The summed E-state index contributed by atoms with van der Waals surface area (Å²) in [5, 5.41) is 11.4. The maximum atomic E-state index is 13.0. The van der Waals surface area contributed by atoms with Crippen molar-refractivity contribution < 1.29 is 9.53 Å². The number of benzene rings is 2. The van der Waals surface area contributed by atoms with Crippen molar-refractivity contribution in [3.05, 3.63) is 71.0 Å². The van der Waals surface area contributed by atoms with Crippen LogP contribution in [0.2, 0.25) is 0 Å². The number of fused-ring (bicyclic) bond motifs is 1. The van der Waals surface area contributed by atoms with Crippen molar-refractivity contribution in [2.75, 3.05) is 11.9 Å². The Bertz CT molecular complexity index is 1250. The molecule has 4 rings (SSSR count). The van der Waals surface area contributed by atoms with Crippen LogP contribution in [0.4, 0.5) is 5.69 Å². The zero-order chi connectivity index (χ0) is 21.1. The number of rotatable bonds is 6. The standard InChI is InChI=1S/C22H20N4O3S/c1-3-29-18-12-8-7-11-17(18)23-20(27)14(2)26-22(28)16-13-19(30-21(16)24-25-26)15-9-5-4-6-10-15/h4-14H,3H2,1-2H3,(H,23,27). The number of carbonyl (C=O) groups is 1. The van der Waals surface area contributed by atoms with E-state index >= 15 is 0 Å². The highest BCUT2D eigenvalue weighted by molar-refractivity contribution is 7.21. The maximum absolute atomic E-state index is 13.0. The largest absolute Gasteiger partial charge is 0.492 e. The fourth-order valence-electron chi connectivity index (χ4n) is 3.06. The summed E-state index contributed by atoms with van der Waals surface area (Å²) in [7, 11) is 0. The molecule has 1 unspecified atom stereocenters. The van der Waals surface area contributed by atoms with E-state index in [0.29, 0.717) is 28.3 Å². The molecule has 0 spiro atoms. The number of carbonyl (C=O) groups excluding carboxylic acids is 1. The Hall–Kier alpha value is -3.52. The first kappa shape index (κ1) is 19.8. The number of hydrogen-bond donors (Lipinski definition) is 1. The maximum Gasteiger partial charge on any atom is 0.279 e. The van der Waals surface area contributed by atoms with Gasteiger partial charge in [0.05, 0.1) is 17.7 Å². The molecule has 0 fully saturated rings. The Morgan fingerprint density at radius 1 is 1.17 bits per heavy atom. The second-order valence-electron chi connectivity index (χ2n) is 6.63. The number of anilines is 1. The molecular weight excluding hydrogens is 400 g/mol. The van der Waals surface area contributed by atoms with E-state index in [2.05, 4.69) is 15.6 Å². The van der Waals surface area contributed by atoms with Gasteiger partial charge in [0, 0.05) is 4.88 Å². The molecule has 1 amide bonds. The molecule has 30 heavy (non-hydrogen) atoms. The lowest BCUT2D eigenvalue weighted by Gasteiger charge is -2.15. The van der Waals surface area contributed by atoms with Crippen molar-refractivity contribution >= 4 is 33.1 Å². The van der Waals surface area contributed by atoms with E-state index in [1.54, 1.807) is 31.2 Å². The average Bonchev–Trinajstić information content (AvgIpc) is 3.21. The van der Waals surface area contributed by atoms with Gasteiger partial charge in [-0.1, -0.05) is 47.7 Å². The Kier molecular flexibility index (Phi) is 5.58. The number of para-hydroxylation sites is 2. The Balaban J connectivity index is 1.63. The smallest absolute Gasteiger partial charge is 0.279 e. The van der Waals surface area contributed by atoms with Crippen LogP contribution < -0.4 is 15.6 Å². The van der Waals surface area contributed by atoms with Crippen LogP contribution >= 0.6 is 11.3 Å². The van der Waals surface area contributed by atoms with Gasteiger partial charge in [-0.2, -0.15) is 4.68 Å². The molecule has 0 saturated heterocycles. The number of thiophene rings is 1. The zero-order valence-electron chi connectivity index (χ0n) is 16.5. The summed E-state index contributed by atoms with van der Waals surface area (Å²) in [6, 6.07) is 17.9. The predicted octanol–water partition coefficient (Wildman–Crippen LogP) is 4.12. The highest BCUT2D eigenvalue weighted by Gasteiger charge is 2.21. The number of amides is 1. The number of nitrogens with one attached hydrogen (secondary N) is 1. The summed E-state index contributed by atoms with van der Waals surface area (Å²) >= 11 is 1.40. The van der Waals surface area contributed by atoms with Crippen molar-refractivity contribution in [1.82, 2.24) is 15.0 Å². The Labute approximate surface area is 176 Å². The minimum Gasteiger partial charge on any atom is -0.492 e. The SMILES string of the molecule is CCOc1ccccc1NC(=O)C(C)n1nnc2sc(-c3ccccc3)cc2c1=O. The molecule has 0 radical (unpaired) electrons. The summed E-state index contributed by atoms with van der Waals surface area (Å²) in [5.74, 6) is 0.191. The molecule has 2 aromatic carbocycles. The van der Waals surface area contributed by atoms with Crippen molar-refractivity contribution in [2.45, 2.75) is 19.9 Å². The molecule has 0 saturated carbocycles. The first-order valence-corrected chi connectivity index (χ1v) is 10.4. The molecule has 2 aromatic heterocycles. The quantitative estimate of drug-likeness (QED) is 0.507. The van der Waals surface area contributed by atoms with Crippen molar-refractivity contribution in [3.8, 4) is 16.2 Å². The third-order valence-electron chi connectivity index (χ3n) is 4.63. The van der Waals surface area contributed by atoms with Crippen LogP contribution in [-0.2, 0) is 4.79 Å². The third kappa shape index (κ3) is 3.81. The summed E-state index contributed by atoms with van der Waals surface area (Å²) in [6.07, 6.45) is 0. The molecular formula is C22H20N4O3S. The molecule has 8 heteroatoms. The fourth-order valence-corrected chi connectivity index (χ4v) is 4.03. The first-order valence-electron chi connectivity index (χ1n) is 9.55. The Morgan fingerprint density at radius 2 is 1.90 bits per heavy atom. The van der Waals surface area contributed by atoms with Gasteiger partial charge in [-0.15, -0.1) is 16.4 Å². The zero-order valence-corrected chi connectivity index (χ0v) is 17.3. The molecule has 0 aliphatic heterocycles. The molecule has 2 heterocycles. The van der Waals surface area contributed by atoms with Crippen LogP contribution in [0.5, 0.6) is 5.75 Å². The monoisotopic (exact) mass is 420 g/mol. The van der Waals surface area contributed by atoms with E-state index in [9.17, 15) is 9.59 Å². The minimum atomic E-state index is -0.843. The number of ether oxygens (including phenoxy) is 1. The van der Waals surface area contributed by atoms with Gasteiger partial charge in [0.15, 0.2) is 4.83 Å². The molecule has 4 aromatic rings. The second-order valence-corrected chi connectivity index (χ2v) is 7.66. The van der Waals surface area contributed by atoms with Crippen LogP contribution in [0, 0.1) is 0 Å². The van der Waals surface area contributed by atoms with Gasteiger partial charge in [0.1, 0.15) is 11.8 Å². The summed E-state index contributed by atoms with van der Waals surface area (Å²) in [4.78, 5) is 27.3. The fraction of sp³-hybridized carbons (Fsp3) is 0.182. The predicted molar refractivity (Wildman–Crippen MR) is 118 cm³/mol. The molecule has 0 bridgehead atoms. The van der Waals surface area contributed by atoms with Crippen LogP contribution in [-0.4, -0.2) is 27.5 Å². The lowest BCUT2D eigenvalue weighted by Crippen LogP contribution is -2.34. The highest BCUT2D eigenvalue weighted by atomic mass is 32.1. The molecule has 1 atom stereocenters. The third-order valence-corrected chi connectivity index (χ3v) is 5.70. The van der Waals surface area contributed by atoms with Crippen LogP contribution in [0.15, 0.2) is 65.5 Å². The normalized spacial score (nSPS) is 11.9. The minimum absolute atomic E-state index is 0.348. The van der Waals surface area contributed by atoms with Crippen LogP contribution in [0.3, 0.4) is 0 Å². The summed E-state index contributed by atoms with van der Waals surface area (Å²) in [6.45, 7) is 3.97. The lowest BCUT2D eigenvalue weighted by atomic mass is 10.2. The molecule has 152 valence electrons. The molecule has 7 nitrogen and oxygen atoms in total. The van der Waals surface area contributed by atoms with Crippen LogP contribution in [0.1, 0.15) is 19.9 Å². The topological polar surface area (TPSA) is 86.1 Å². The molecule has 0 aliphatic carbocycles. The van der Waals surface area contributed by atoms with E-state index < -0.39 is 6.04 Å². The van der Waals surface area contributed by atoms with E-state index in [4.69, 9.17) is 4.74 Å². The van der Waals surface area contributed by atoms with Gasteiger partial charge < -0.3 is 10.1 Å². The summed E-state index contributed by atoms with van der Waals surface area (Å²) < 4.78 is 6.65. The van der Waals surface area contributed by atoms with Gasteiger partial charge in [-0.3, -0.25) is 9.59 Å². The van der Waals surface area contributed by atoms with Gasteiger partial charge in [0.25, 0.3) is 5.56 Å². The van der Waals surface area contributed by atoms with Gasteiger partial charge in [-0.05, 0) is 37.6 Å². The van der Waals surface area contributed by atoms with E-state index in [0.717, 1.165) is 15.1 Å². The van der Waals surface area contributed by atoms with E-state index in [1.807, 2.05) is 43.3 Å². The average molecular weight is 420 g/mol. The second kappa shape index (κ2) is 8.46. The van der Waals surface area contributed by atoms with Crippen molar-refractivity contribution in [3.63, 3.8) is 0 Å². The summed E-state index contributed by atoms with van der Waals surface area (Å²) in [5.41, 5.74) is 1.20. The Morgan fingerprint density at radius 3 is 2.67 bits per heavy atom. The van der Waals surface area contributed by atoms with Crippen molar-refractivity contribution in [2.24, 2.45) is 0 Å². The molecule has 1 N–H and O–H groups in total. The number of nitrogens with zero attached hydrogens (tertiary/aromatic N) is 3. The van der Waals surface area contributed by atoms with Gasteiger partial charge in [-0.25, -0.2) is 0 Å². The lowest BCUT2D eigenvalue weighted by molar-refractivity contribution is -0.119. The van der Waals surface area contributed by atoms with E-state index in [1.165, 1.54) is 11.3 Å². The highest BCUT2D eigenvalue weighted by Crippen LogP contribution is 2.30. The first-order chi connectivity index (χ1) is 14.6. The molecule has 0 aliphatic rings.